The number of anilines is 1. The van der Waals surface area contributed by atoms with E-state index in [-0.39, 0.29) is 5.91 Å². The number of carbonyl (C=O) groups is 1. The summed E-state index contributed by atoms with van der Waals surface area (Å²) in [6.45, 7) is 0. The summed E-state index contributed by atoms with van der Waals surface area (Å²) in [7, 11) is -0.942. The number of aromatic nitrogens is 2. The zero-order valence-electron chi connectivity index (χ0n) is 14.5. The molecular weight excluding hydrogens is 370 g/mol. The quantitative estimate of drug-likeness (QED) is 0.849. The second kappa shape index (κ2) is 7.53. The third-order valence-electron chi connectivity index (χ3n) is 5.18. The molecule has 1 unspecified atom stereocenters. The molecule has 1 amide bonds. The molecular formula is C19H22ClN3O2S. The van der Waals surface area contributed by atoms with Crippen molar-refractivity contribution in [3.63, 3.8) is 0 Å². The van der Waals surface area contributed by atoms with Gasteiger partial charge in [-0.1, -0.05) is 36.9 Å². The second-order valence-electron chi connectivity index (χ2n) is 7.15. The average Bonchev–Trinajstić information content (AvgIpc) is 3.13. The van der Waals surface area contributed by atoms with E-state index in [1.165, 1.54) is 19.3 Å². The van der Waals surface area contributed by atoms with Crippen LogP contribution in [0.3, 0.4) is 0 Å². The molecule has 138 valence electrons. The molecule has 0 saturated heterocycles. The van der Waals surface area contributed by atoms with E-state index >= 15 is 0 Å². The highest BCUT2D eigenvalue weighted by molar-refractivity contribution is 7.83. The summed E-state index contributed by atoms with van der Waals surface area (Å²) in [4.78, 5) is 12.7. The fourth-order valence-corrected chi connectivity index (χ4v) is 5.34. The summed E-state index contributed by atoms with van der Waals surface area (Å²) < 4.78 is 13.7. The van der Waals surface area contributed by atoms with Crippen molar-refractivity contribution in [3.8, 4) is 5.69 Å². The van der Waals surface area contributed by atoms with Gasteiger partial charge in [0.1, 0.15) is 5.82 Å². The maximum Gasteiger partial charge on any atom is 0.225 e. The Balaban J connectivity index is 1.61. The minimum absolute atomic E-state index is 0.0144. The Morgan fingerprint density at radius 2 is 2.08 bits per heavy atom. The summed E-state index contributed by atoms with van der Waals surface area (Å²) >= 11 is 6.12. The van der Waals surface area contributed by atoms with E-state index in [4.69, 9.17) is 11.6 Å². The molecule has 2 aliphatic rings. The van der Waals surface area contributed by atoms with Crippen LogP contribution in [0.15, 0.2) is 24.3 Å². The van der Waals surface area contributed by atoms with E-state index in [1.807, 2.05) is 18.2 Å². The molecule has 0 radical (unpaired) electrons. The van der Waals surface area contributed by atoms with Crippen LogP contribution in [0.2, 0.25) is 5.02 Å². The number of rotatable bonds is 4. The third-order valence-corrected chi connectivity index (χ3v) is 6.62. The number of hydrogen-bond donors (Lipinski definition) is 1. The van der Waals surface area contributed by atoms with E-state index in [2.05, 4.69) is 10.4 Å². The maximum atomic E-state index is 12.7. The molecule has 2 heterocycles. The Morgan fingerprint density at radius 1 is 1.27 bits per heavy atom. The molecule has 5 nitrogen and oxygen atoms in total. The minimum atomic E-state index is -0.942. The molecule has 0 bridgehead atoms. The molecule has 1 aromatic heterocycles. The Hall–Kier alpha value is -1.66. The number of nitrogens with one attached hydrogen (secondary N) is 1. The molecule has 1 saturated carbocycles. The largest absolute Gasteiger partial charge is 0.310 e. The number of nitrogens with zero attached hydrogens (tertiary/aromatic N) is 2. The van der Waals surface area contributed by atoms with Gasteiger partial charge < -0.3 is 5.32 Å². The minimum Gasteiger partial charge on any atom is -0.310 e. The Morgan fingerprint density at radius 3 is 2.85 bits per heavy atom. The highest BCUT2D eigenvalue weighted by Crippen LogP contribution is 2.33. The van der Waals surface area contributed by atoms with Crippen LogP contribution in [0, 0.1) is 5.92 Å². The predicted octanol–water partition coefficient (Wildman–Crippen LogP) is 4.20. The lowest BCUT2D eigenvalue weighted by Gasteiger charge is -2.21. The van der Waals surface area contributed by atoms with Gasteiger partial charge in [0.2, 0.25) is 5.91 Å². The molecule has 2 aromatic rings. The second-order valence-corrected chi connectivity index (χ2v) is 9.04. The number of carbonyl (C=O) groups excluding carboxylic acids is 1. The van der Waals surface area contributed by atoms with E-state index in [1.54, 1.807) is 10.7 Å². The number of amides is 1. The first-order valence-electron chi connectivity index (χ1n) is 9.11. The highest BCUT2D eigenvalue weighted by Gasteiger charge is 2.29. The molecule has 26 heavy (non-hydrogen) atoms. The molecule has 4 rings (SSSR count). The Kier molecular flexibility index (Phi) is 5.14. The smallest absolute Gasteiger partial charge is 0.225 e. The summed E-state index contributed by atoms with van der Waals surface area (Å²) in [6, 6.07) is 7.38. The first-order valence-corrected chi connectivity index (χ1v) is 11.0. The van der Waals surface area contributed by atoms with E-state index < -0.39 is 10.8 Å². The maximum absolute atomic E-state index is 12.7. The van der Waals surface area contributed by atoms with Crippen molar-refractivity contribution >= 4 is 34.1 Å². The van der Waals surface area contributed by atoms with Crippen LogP contribution >= 0.6 is 11.6 Å². The fourth-order valence-electron chi connectivity index (χ4n) is 3.89. The fraction of sp³-hybridized carbons (Fsp3) is 0.474. The Bertz CT molecular complexity index is 858. The third kappa shape index (κ3) is 3.71. The zero-order chi connectivity index (χ0) is 18.1. The summed E-state index contributed by atoms with van der Waals surface area (Å²) in [6.07, 6.45) is 6.50. The number of benzene rings is 1. The van der Waals surface area contributed by atoms with Crippen LogP contribution in [0.4, 0.5) is 5.82 Å². The van der Waals surface area contributed by atoms with Gasteiger partial charge >= 0.3 is 0 Å². The van der Waals surface area contributed by atoms with Gasteiger partial charge in [-0.25, -0.2) is 4.68 Å². The van der Waals surface area contributed by atoms with E-state index in [9.17, 15) is 9.00 Å². The van der Waals surface area contributed by atoms with Crippen LogP contribution in [0.5, 0.6) is 0 Å². The van der Waals surface area contributed by atoms with Gasteiger partial charge in [0.05, 0.1) is 22.9 Å². The van der Waals surface area contributed by atoms with Gasteiger partial charge in [-0.2, -0.15) is 5.10 Å². The number of fused-ring (bicyclic) bond motifs is 1. The van der Waals surface area contributed by atoms with Crippen LogP contribution < -0.4 is 5.32 Å². The summed E-state index contributed by atoms with van der Waals surface area (Å²) in [5.74, 6) is 2.01. The van der Waals surface area contributed by atoms with Gasteiger partial charge in [0, 0.05) is 27.8 Å². The van der Waals surface area contributed by atoms with Gasteiger partial charge in [0.25, 0.3) is 0 Å². The van der Waals surface area contributed by atoms with E-state index in [0.29, 0.717) is 34.7 Å². The van der Waals surface area contributed by atoms with Crippen LogP contribution in [0.25, 0.3) is 5.69 Å². The van der Waals surface area contributed by atoms with E-state index in [0.717, 1.165) is 29.8 Å². The van der Waals surface area contributed by atoms with Crippen molar-refractivity contribution in [3.05, 3.63) is 40.5 Å². The first kappa shape index (κ1) is 17.7. The molecule has 1 aromatic carbocycles. The lowest BCUT2D eigenvalue weighted by Crippen LogP contribution is -2.20. The zero-order valence-corrected chi connectivity index (χ0v) is 16.1. The number of halogens is 1. The van der Waals surface area contributed by atoms with Crippen LogP contribution in [-0.2, 0) is 27.1 Å². The molecule has 1 aliphatic carbocycles. The van der Waals surface area contributed by atoms with Crippen molar-refractivity contribution in [2.75, 3.05) is 5.32 Å². The van der Waals surface area contributed by atoms with Gasteiger partial charge in [-0.3, -0.25) is 9.00 Å². The summed E-state index contributed by atoms with van der Waals surface area (Å²) in [5, 5.41) is 8.28. The van der Waals surface area contributed by atoms with Gasteiger partial charge in [0.15, 0.2) is 0 Å². The standard InChI is InChI=1S/C19H22ClN3O2S/c20-14-7-4-8-15(10-14)23-19(16-11-26(25)12-17(16)22-23)21-18(24)9-13-5-2-1-3-6-13/h4,7-8,10,13H,1-3,5-6,9,11-12H2,(H,21,24). The predicted molar refractivity (Wildman–Crippen MR) is 104 cm³/mol. The molecule has 7 heteroatoms. The molecule has 1 atom stereocenters. The topological polar surface area (TPSA) is 64.0 Å². The highest BCUT2D eigenvalue weighted by atomic mass is 35.5. The van der Waals surface area contributed by atoms with Crippen molar-refractivity contribution in [1.82, 2.24) is 9.78 Å². The van der Waals surface area contributed by atoms with Gasteiger partial charge in [-0.15, -0.1) is 0 Å². The van der Waals surface area contributed by atoms with Crippen molar-refractivity contribution in [2.45, 2.75) is 50.0 Å². The van der Waals surface area contributed by atoms with Crippen molar-refractivity contribution in [1.29, 1.82) is 0 Å². The molecule has 1 N–H and O–H groups in total. The van der Waals surface area contributed by atoms with Crippen LogP contribution in [-0.4, -0.2) is 19.9 Å². The molecule has 1 aliphatic heterocycles. The molecule has 1 fully saturated rings. The van der Waals surface area contributed by atoms with Crippen molar-refractivity contribution in [2.24, 2.45) is 5.92 Å². The molecule has 0 spiro atoms. The lowest BCUT2D eigenvalue weighted by molar-refractivity contribution is -0.117. The summed E-state index contributed by atoms with van der Waals surface area (Å²) in [5.41, 5.74) is 2.49. The Labute approximate surface area is 160 Å². The SMILES string of the molecule is O=C(CC1CCCCC1)Nc1c2c(nn1-c1cccc(Cl)c1)CS(=O)C2. The normalized spacial score (nSPS) is 20.1. The van der Waals surface area contributed by atoms with Gasteiger partial charge in [-0.05, 0) is 37.0 Å². The van der Waals surface area contributed by atoms with Crippen molar-refractivity contribution < 1.29 is 9.00 Å². The van der Waals surface area contributed by atoms with Crippen LogP contribution in [0.1, 0.15) is 49.8 Å². The monoisotopic (exact) mass is 391 g/mol. The lowest BCUT2D eigenvalue weighted by atomic mass is 9.87. The average molecular weight is 392 g/mol. The first-order chi connectivity index (χ1) is 12.6. The number of hydrogen-bond acceptors (Lipinski definition) is 3.